The zero-order valence-electron chi connectivity index (χ0n) is 12.6. The van der Waals surface area contributed by atoms with Crippen molar-refractivity contribution in [1.29, 1.82) is 0 Å². The average molecular weight is 302 g/mol. The van der Waals surface area contributed by atoms with Crippen molar-refractivity contribution < 1.29 is 4.74 Å². The highest BCUT2D eigenvalue weighted by Gasteiger charge is 2.22. The molecule has 1 aromatic heterocycles. The molecular weight excluding hydrogens is 280 g/mol. The lowest BCUT2D eigenvalue weighted by molar-refractivity contribution is 0.261. The number of benzene rings is 1. The van der Waals surface area contributed by atoms with E-state index in [4.69, 9.17) is 4.74 Å². The molecule has 1 aliphatic heterocycles. The molecule has 1 atom stereocenters. The van der Waals surface area contributed by atoms with Gasteiger partial charge in [-0.2, -0.15) is 0 Å². The second-order valence-electron chi connectivity index (χ2n) is 5.66. The van der Waals surface area contributed by atoms with Crippen molar-refractivity contribution in [1.82, 2.24) is 10.2 Å². The number of ether oxygens (including phenoxy) is 1. The third-order valence-corrected chi connectivity index (χ3v) is 4.74. The Morgan fingerprint density at radius 3 is 3.00 bits per heavy atom. The van der Waals surface area contributed by atoms with Crippen LogP contribution >= 0.6 is 11.3 Å². The normalized spacial score (nSPS) is 17.8. The molecule has 3 nitrogen and oxygen atoms in total. The molecule has 0 amide bonds. The van der Waals surface area contributed by atoms with Gasteiger partial charge in [-0.1, -0.05) is 12.1 Å². The molecule has 0 aliphatic carbocycles. The maximum absolute atomic E-state index is 5.85. The second kappa shape index (κ2) is 6.60. The number of likely N-dealkylation sites (N-methyl/N-ethyl adjacent to an activating group) is 1. The highest BCUT2D eigenvalue weighted by molar-refractivity contribution is 7.10. The first-order valence-corrected chi connectivity index (χ1v) is 8.29. The predicted octanol–water partition coefficient (Wildman–Crippen LogP) is 2.92. The van der Waals surface area contributed by atoms with Gasteiger partial charge in [0.1, 0.15) is 12.4 Å². The van der Waals surface area contributed by atoms with Crippen LogP contribution in [0, 0.1) is 0 Å². The SMILES string of the molecule is CN(C)CCOc1ccc2c(c1)CCNC2c1cccs1. The summed E-state index contributed by atoms with van der Waals surface area (Å²) < 4.78 is 5.85. The summed E-state index contributed by atoms with van der Waals surface area (Å²) in [5, 5.41) is 5.76. The molecule has 3 rings (SSSR count). The van der Waals surface area contributed by atoms with E-state index in [0.717, 1.165) is 31.9 Å². The minimum Gasteiger partial charge on any atom is -0.492 e. The van der Waals surface area contributed by atoms with Crippen LogP contribution in [0.2, 0.25) is 0 Å². The number of nitrogens with zero attached hydrogens (tertiary/aromatic N) is 1. The molecule has 0 saturated heterocycles. The molecule has 1 aromatic carbocycles. The number of nitrogens with one attached hydrogen (secondary N) is 1. The molecular formula is C17H22N2OS. The van der Waals surface area contributed by atoms with E-state index in [-0.39, 0.29) is 0 Å². The van der Waals surface area contributed by atoms with Crippen molar-refractivity contribution in [3.05, 3.63) is 51.7 Å². The van der Waals surface area contributed by atoms with Gasteiger partial charge in [0.05, 0.1) is 6.04 Å². The van der Waals surface area contributed by atoms with Gasteiger partial charge in [-0.3, -0.25) is 0 Å². The summed E-state index contributed by atoms with van der Waals surface area (Å²) in [7, 11) is 4.13. The smallest absolute Gasteiger partial charge is 0.119 e. The zero-order chi connectivity index (χ0) is 14.7. The summed E-state index contributed by atoms with van der Waals surface area (Å²) in [6.07, 6.45) is 1.07. The van der Waals surface area contributed by atoms with Gasteiger partial charge < -0.3 is 15.0 Å². The first-order valence-electron chi connectivity index (χ1n) is 7.41. The topological polar surface area (TPSA) is 24.5 Å². The van der Waals surface area contributed by atoms with Crippen molar-refractivity contribution in [2.45, 2.75) is 12.5 Å². The van der Waals surface area contributed by atoms with E-state index in [1.807, 2.05) is 11.3 Å². The van der Waals surface area contributed by atoms with E-state index in [1.165, 1.54) is 16.0 Å². The number of fused-ring (bicyclic) bond motifs is 1. The van der Waals surface area contributed by atoms with Crippen molar-refractivity contribution in [2.24, 2.45) is 0 Å². The summed E-state index contributed by atoms with van der Waals surface area (Å²) in [6, 6.07) is 11.2. The van der Waals surface area contributed by atoms with Gasteiger partial charge in [0.15, 0.2) is 0 Å². The van der Waals surface area contributed by atoms with Crippen LogP contribution in [0.4, 0.5) is 0 Å². The van der Waals surface area contributed by atoms with Crippen LogP contribution in [-0.2, 0) is 6.42 Å². The van der Waals surface area contributed by atoms with E-state index >= 15 is 0 Å². The van der Waals surface area contributed by atoms with Gasteiger partial charge in [-0.15, -0.1) is 11.3 Å². The lowest BCUT2D eigenvalue weighted by Crippen LogP contribution is -2.30. The summed E-state index contributed by atoms with van der Waals surface area (Å²) in [5.41, 5.74) is 2.80. The van der Waals surface area contributed by atoms with Crippen LogP contribution in [0.15, 0.2) is 35.7 Å². The van der Waals surface area contributed by atoms with Crippen LogP contribution in [0.3, 0.4) is 0 Å². The lowest BCUT2D eigenvalue weighted by atomic mass is 9.93. The highest BCUT2D eigenvalue weighted by atomic mass is 32.1. The maximum Gasteiger partial charge on any atom is 0.119 e. The molecule has 0 saturated carbocycles. The quantitative estimate of drug-likeness (QED) is 0.919. The molecule has 21 heavy (non-hydrogen) atoms. The molecule has 1 aliphatic rings. The molecule has 0 spiro atoms. The molecule has 4 heteroatoms. The first-order chi connectivity index (χ1) is 10.2. The Morgan fingerprint density at radius 2 is 2.24 bits per heavy atom. The minimum absolute atomic E-state index is 0.338. The number of hydrogen-bond acceptors (Lipinski definition) is 4. The Kier molecular flexibility index (Phi) is 4.58. The van der Waals surface area contributed by atoms with E-state index in [2.05, 4.69) is 60.0 Å². The summed E-state index contributed by atoms with van der Waals surface area (Å²) in [6.45, 7) is 2.70. The fraction of sp³-hybridized carbons (Fsp3) is 0.412. The fourth-order valence-corrected chi connectivity index (χ4v) is 3.50. The van der Waals surface area contributed by atoms with E-state index in [1.54, 1.807) is 0 Å². The Hall–Kier alpha value is -1.36. The standard InChI is InChI=1S/C17H22N2OS/c1-19(2)9-10-20-14-5-6-15-13(12-14)7-8-18-17(15)16-4-3-11-21-16/h3-6,11-12,17-18H,7-10H2,1-2H3. The number of thiophene rings is 1. The van der Waals surface area contributed by atoms with Gasteiger partial charge in [-0.05, 0) is 55.2 Å². The zero-order valence-corrected chi connectivity index (χ0v) is 13.5. The first kappa shape index (κ1) is 14.6. The molecule has 2 aromatic rings. The van der Waals surface area contributed by atoms with Crippen molar-refractivity contribution >= 4 is 11.3 Å². The van der Waals surface area contributed by atoms with Crippen LogP contribution in [0.1, 0.15) is 22.0 Å². The molecule has 0 radical (unpaired) electrons. The van der Waals surface area contributed by atoms with Gasteiger partial charge in [0.2, 0.25) is 0 Å². The lowest BCUT2D eigenvalue weighted by Gasteiger charge is -2.26. The molecule has 112 valence electrons. The minimum atomic E-state index is 0.338. The highest BCUT2D eigenvalue weighted by Crippen LogP contribution is 2.33. The van der Waals surface area contributed by atoms with E-state index < -0.39 is 0 Å². The second-order valence-corrected chi connectivity index (χ2v) is 6.64. The predicted molar refractivity (Wildman–Crippen MR) is 88.4 cm³/mol. The van der Waals surface area contributed by atoms with Crippen molar-refractivity contribution in [3.8, 4) is 5.75 Å². The Labute approximate surface area is 130 Å². The van der Waals surface area contributed by atoms with Crippen molar-refractivity contribution in [2.75, 3.05) is 33.8 Å². The molecule has 1 N–H and O–H groups in total. The maximum atomic E-state index is 5.85. The number of hydrogen-bond donors (Lipinski definition) is 1. The summed E-state index contributed by atoms with van der Waals surface area (Å²) in [4.78, 5) is 3.52. The molecule has 0 bridgehead atoms. The monoisotopic (exact) mass is 302 g/mol. The number of rotatable bonds is 5. The molecule has 1 unspecified atom stereocenters. The van der Waals surface area contributed by atoms with Gasteiger partial charge >= 0.3 is 0 Å². The molecule has 2 heterocycles. The molecule has 0 fully saturated rings. The van der Waals surface area contributed by atoms with Crippen LogP contribution in [0.5, 0.6) is 5.75 Å². The average Bonchev–Trinajstić information content (AvgIpc) is 3.00. The van der Waals surface area contributed by atoms with Gasteiger partial charge in [-0.25, -0.2) is 0 Å². The Balaban J connectivity index is 1.76. The summed E-state index contributed by atoms with van der Waals surface area (Å²) in [5.74, 6) is 0.988. The van der Waals surface area contributed by atoms with Crippen LogP contribution in [-0.4, -0.2) is 38.7 Å². The Morgan fingerprint density at radius 1 is 1.33 bits per heavy atom. The summed E-state index contributed by atoms with van der Waals surface area (Å²) >= 11 is 1.82. The van der Waals surface area contributed by atoms with Gasteiger partial charge in [0, 0.05) is 18.0 Å². The third-order valence-electron chi connectivity index (χ3n) is 3.80. The van der Waals surface area contributed by atoms with Crippen LogP contribution < -0.4 is 10.1 Å². The van der Waals surface area contributed by atoms with Crippen LogP contribution in [0.25, 0.3) is 0 Å². The van der Waals surface area contributed by atoms with E-state index in [0.29, 0.717) is 6.04 Å². The third kappa shape index (κ3) is 3.46. The van der Waals surface area contributed by atoms with E-state index in [9.17, 15) is 0 Å². The Bertz CT molecular complexity index is 580. The fourth-order valence-electron chi connectivity index (χ4n) is 2.69. The largest absolute Gasteiger partial charge is 0.492 e. The van der Waals surface area contributed by atoms with Crippen molar-refractivity contribution in [3.63, 3.8) is 0 Å². The van der Waals surface area contributed by atoms with Gasteiger partial charge in [0.25, 0.3) is 0 Å².